The maximum atomic E-state index is 11.5. The first kappa shape index (κ1) is 5.65. The zero-order valence-electron chi connectivity index (χ0n) is 4.97. The molecule has 3 heteroatoms. The van der Waals surface area contributed by atoms with Gasteiger partial charge in [0.25, 0.3) is 0 Å². The Labute approximate surface area is 56.2 Å². The molecule has 2 aliphatic rings. The van der Waals surface area contributed by atoms with Crippen molar-refractivity contribution in [3.8, 4) is 16.9 Å². The van der Waals surface area contributed by atoms with E-state index in [-0.39, 0.29) is 5.75 Å². The summed E-state index contributed by atoms with van der Waals surface area (Å²) in [4.78, 5) is 0. The number of halogens is 2. The molecule has 0 heterocycles. The van der Waals surface area contributed by atoms with Gasteiger partial charge in [0.15, 0.2) is 0 Å². The Kier molecular flexibility index (Phi) is 0.952. The highest BCUT2D eigenvalue weighted by atomic mass is 19.3. The highest BCUT2D eigenvalue weighted by Gasteiger charge is 2.16. The lowest BCUT2D eigenvalue weighted by atomic mass is 10.5. The average Bonchev–Trinajstić information content (AvgIpc) is 2.39. The fraction of sp³-hybridized carbons (Fsp3) is 0.143. The lowest BCUT2D eigenvalue weighted by molar-refractivity contribution is -0.0495. The molecule has 0 unspecified atom stereocenters. The molecule has 0 radical (unpaired) electrons. The molecule has 0 atom stereocenters. The van der Waals surface area contributed by atoms with Gasteiger partial charge in [0.2, 0.25) is 0 Å². The molecular weight excluding hydrogens is 138 g/mol. The Hall–Kier alpha value is -1.12. The van der Waals surface area contributed by atoms with Crippen LogP contribution in [0.4, 0.5) is 8.78 Å². The summed E-state index contributed by atoms with van der Waals surface area (Å²) in [6.45, 7) is -2.71. The van der Waals surface area contributed by atoms with Gasteiger partial charge in [0.05, 0.1) is 0 Å². The fourth-order valence-corrected chi connectivity index (χ4v) is 0.901. The molecule has 0 aliphatic heterocycles. The lowest BCUT2D eigenvalue weighted by Gasteiger charge is -1.98. The molecule has 0 aromatic heterocycles. The molecule has 52 valence electrons. The number of benzene rings is 1. The minimum absolute atomic E-state index is 0.266. The number of hydrogen-bond donors (Lipinski definition) is 0. The van der Waals surface area contributed by atoms with E-state index in [0.29, 0.717) is 0 Å². The van der Waals surface area contributed by atoms with Crippen LogP contribution in [0.3, 0.4) is 0 Å². The van der Waals surface area contributed by atoms with Gasteiger partial charge in [-0.25, -0.2) is 0 Å². The summed E-state index contributed by atoms with van der Waals surface area (Å²) in [6.07, 6.45) is 0. The van der Waals surface area contributed by atoms with E-state index in [1.165, 1.54) is 0 Å². The Morgan fingerprint density at radius 2 is 1.70 bits per heavy atom. The fourth-order valence-electron chi connectivity index (χ4n) is 0.901. The van der Waals surface area contributed by atoms with Gasteiger partial charge in [0.1, 0.15) is 5.75 Å². The molecular formula is C7H4F2O. The van der Waals surface area contributed by atoms with Crippen LogP contribution in [0, 0.1) is 0 Å². The van der Waals surface area contributed by atoms with Crippen LogP contribution in [0.1, 0.15) is 0 Å². The van der Waals surface area contributed by atoms with Crippen LogP contribution in [0.25, 0.3) is 11.1 Å². The molecule has 0 fully saturated rings. The summed E-state index contributed by atoms with van der Waals surface area (Å²) in [5, 5.41) is 0. The van der Waals surface area contributed by atoms with Gasteiger partial charge < -0.3 is 4.74 Å². The summed E-state index contributed by atoms with van der Waals surface area (Å²) in [6, 6.07) is 5.10. The first-order valence-corrected chi connectivity index (χ1v) is 2.86. The Balaban J connectivity index is 2.10. The van der Waals surface area contributed by atoms with Crippen LogP contribution >= 0.6 is 0 Å². The molecule has 0 saturated heterocycles. The topological polar surface area (TPSA) is 9.23 Å². The number of fused-ring (bicyclic) bond motifs is 1. The first-order chi connectivity index (χ1) is 4.75. The zero-order chi connectivity index (χ0) is 7.14. The highest BCUT2D eigenvalue weighted by Crippen LogP contribution is 2.40. The van der Waals surface area contributed by atoms with E-state index in [1.807, 2.05) is 6.07 Å². The van der Waals surface area contributed by atoms with Gasteiger partial charge in [-0.2, -0.15) is 8.78 Å². The predicted molar refractivity (Wildman–Crippen MR) is 32.1 cm³/mol. The summed E-state index contributed by atoms with van der Waals surface area (Å²) >= 11 is 0. The van der Waals surface area contributed by atoms with E-state index in [0.717, 1.165) is 11.1 Å². The van der Waals surface area contributed by atoms with Crippen molar-refractivity contribution in [1.29, 1.82) is 0 Å². The minimum Gasteiger partial charge on any atom is -0.435 e. The standard InChI is InChI=1S/C7H4F2O/c8-7(9)10-6-2-4-1-5(4)3-6/h1-3,7H. The molecule has 0 amide bonds. The summed E-state index contributed by atoms with van der Waals surface area (Å²) in [5.74, 6) is 0.266. The third-order valence-electron chi connectivity index (χ3n) is 1.38. The van der Waals surface area contributed by atoms with E-state index in [9.17, 15) is 8.78 Å². The maximum Gasteiger partial charge on any atom is 0.387 e. The second-order valence-electron chi connectivity index (χ2n) is 2.12. The molecule has 2 aliphatic carbocycles. The van der Waals surface area contributed by atoms with Crippen LogP contribution in [0.15, 0.2) is 18.2 Å². The molecule has 0 aromatic rings. The smallest absolute Gasteiger partial charge is 0.387 e. The van der Waals surface area contributed by atoms with E-state index in [2.05, 4.69) is 4.74 Å². The first-order valence-electron chi connectivity index (χ1n) is 2.86. The Morgan fingerprint density at radius 1 is 1.10 bits per heavy atom. The van der Waals surface area contributed by atoms with E-state index in [1.54, 1.807) is 12.1 Å². The largest absolute Gasteiger partial charge is 0.435 e. The van der Waals surface area contributed by atoms with E-state index in [4.69, 9.17) is 0 Å². The number of ether oxygens (including phenoxy) is 1. The van der Waals surface area contributed by atoms with Gasteiger partial charge >= 0.3 is 6.61 Å². The Morgan fingerprint density at radius 3 is 2.20 bits per heavy atom. The Bertz CT molecular complexity index is 250. The van der Waals surface area contributed by atoms with Crippen molar-refractivity contribution < 1.29 is 13.5 Å². The molecule has 2 rings (SSSR count). The molecule has 10 heavy (non-hydrogen) atoms. The van der Waals surface area contributed by atoms with Crippen molar-refractivity contribution in [2.75, 3.05) is 0 Å². The van der Waals surface area contributed by atoms with Crippen molar-refractivity contribution in [2.24, 2.45) is 0 Å². The maximum absolute atomic E-state index is 11.5. The normalized spacial score (nSPS) is 11.9. The minimum atomic E-state index is -2.71. The summed E-state index contributed by atoms with van der Waals surface area (Å²) in [5.41, 5.74) is 2.02. The molecule has 1 nitrogen and oxygen atoms in total. The van der Waals surface area contributed by atoms with Crippen molar-refractivity contribution >= 4 is 0 Å². The van der Waals surface area contributed by atoms with Crippen LogP contribution in [0.2, 0.25) is 0 Å². The van der Waals surface area contributed by atoms with Gasteiger partial charge in [-0.15, -0.1) is 0 Å². The van der Waals surface area contributed by atoms with Gasteiger partial charge in [-0.1, -0.05) is 0 Å². The molecule has 0 aromatic carbocycles. The van der Waals surface area contributed by atoms with Crippen molar-refractivity contribution in [1.82, 2.24) is 0 Å². The van der Waals surface area contributed by atoms with Crippen molar-refractivity contribution in [3.63, 3.8) is 0 Å². The van der Waals surface area contributed by atoms with E-state index >= 15 is 0 Å². The highest BCUT2D eigenvalue weighted by molar-refractivity contribution is 5.83. The third-order valence-corrected chi connectivity index (χ3v) is 1.38. The number of hydrogen-bond acceptors (Lipinski definition) is 1. The second kappa shape index (κ2) is 1.68. The van der Waals surface area contributed by atoms with Gasteiger partial charge in [-0.05, 0) is 29.3 Å². The number of alkyl halides is 2. The van der Waals surface area contributed by atoms with Crippen molar-refractivity contribution in [2.45, 2.75) is 6.61 Å². The van der Waals surface area contributed by atoms with Gasteiger partial charge in [-0.3, -0.25) is 0 Å². The van der Waals surface area contributed by atoms with Crippen LogP contribution in [-0.4, -0.2) is 6.61 Å². The molecule has 0 bridgehead atoms. The predicted octanol–water partition coefficient (Wildman–Crippen LogP) is 2.27. The monoisotopic (exact) mass is 142 g/mol. The molecule has 0 N–H and O–H groups in total. The average molecular weight is 142 g/mol. The van der Waals surface area contributed by atoms with Crippen LogP contribution in [0.5, 0.6) is 5.75 Å². The molecule has 0 saturated carbocycles. The lowest BCUT2D eigenvalue weighted by Crippen LogP contribution is -2.00. The van der Waals surface area contributed by atoms with Gasteiger partial charge in [0, 0.05) is 0 Å². The van der Waals surface area contributed by atoms with Crippen LogP contribution < -0.4 is 4.74 Å². The summed E-state index contributed by atoms with van der Waals surface area (Å²) in [7, 11) is 0. The zero-order valence-corrected chi connectivity index (χ0v) is 4.97. The number of rotatable bonds is 2. The second-order valence-corrected chi connectivity index (χ2v) is 2.12. The SMILES string of the molecule is FC(F)Oc1cc2cc-2c1. The molecule has 0 spiro atoms. The van der Waals surface area contributed by atoms with E-state index < -0.39 is 6.61 Å². The quantitative estimate of drug-likeness (QED) is 0.624. The summed E-state index contributed by atoms with van der Waals surface area (Å²) < 4.78 is 27.2. The van der Waals surface area contributed by atoms with Crippen LogP contribution in [-0.2, 0) is 0 Å². The van der Waals surface area contributed by atoms with Crippen molar-refractivity contribution in [3.05, 3.63) is 18.2 Å². The third kappa shape index (κ3) is 0.835.